The number of hydrogen-bond donors (Lipinski definition) is 2. The number of carbonyl (C=O) groups is 1. The molecule has 0 saturated carbocycles. The third-order valence-electron chi connectivity index (χ3n) is 5.28. The molecule has 0 fully saturated rings. The molecule has 1 aromatic rings. The SMILES string of the molecule is CCN(CC)[N+]12C=CN=CC1=NC(Nc1ccc3c(c1)NC(=O)C3(C)C)=N2. The molecule has 1 atom stereocenters. The number of nitrogens with one attached hydrogen (secondary N) is 2. The molecule has 140 valence electrons. The lowest BCUT2D eigenvalue weighted by molar-refractivity contribution is -0.917. The van der Waals surface area contributed by atoms with Gasteiger partial charge in [-0.15, -0.1) is 10.0 Å². The van der Waals surface area contributed by atoms with Gasteiger partial charge in [-0.1, -0.05) is 6.07 Å². The number of benzene rings is 1. The van der Waals surface area contributed by atoms with Crippen molar-refractivity contribution in [1.29, 1.82) is 0 Å². The number of anilines is 2. The van der Waals surface area contributed by atoms with Gasteiger partial charge in [0, 0.05) is 24.5 Å². The first-order chi connectivity index (χ1) is 12.9. The molecule has 27 heavy (non-hydrogen) atoms. The van der Waals surface area contributed by atoms with Gasteiger partial charge < -0.3 is 10.6 Å². The van der Waals surface area contributed by atoms with Crippen molar-refractivity contribution in [2.45, 2.75) is 33.1 Å². The van der Waals surface area contributed by atoms with Crippen LogP contribution in [0.3, 0.4) is 0 Å². The maximum absolute atomic E-state index is 12.2. The minimum atomic E-state index is -0.515. The number of rotatable bonds is 4. The summed E-state index contributed by atoms with van der Waals surface area (Å²) in [5.41, 5.74) is 2.14. The molecule has 3 aliphatic rings. The molecular weight excluding hydrogens is 342 g/mol. The number of hydrogen-bond acceptors (Lipinski definition) is 6. The fourth-order valence-corrected chi connectivity index (χ4v) is 3.68. The Balaban J connectivity index is 1.65. The van der Waals surface area contributed by atoms with Crippen LogP contribution < -0.4 is 10.6 Å². The summed E-state index contributed by atoms with van der Waals surface area (Å²) in [5, 5.41) is 13.2. The van der Waals surface area contributed by atoms with Crippen molar-refractivity contribution in [3.05, 3.63) is 36.2 Å². The van der Waals surface area contributed by atoms with E-state index in [0.717, 1.165) is 35.9 Å². The largest absolute Gasteiger partial charge is 0.325 e. The van der Waals surface area contributed by atoms with Gasteiger partial charge in [0.15, 0.2) is 6.20 Å². The highest BCUT2D eigenvalue weighted by Crippen LogP contribution is 2.38. The molecule has 0 aliphatic carbocycles. The van der Waals surface area contributed by atoms with Gasteiger partial charge in [-0.2, -0.15) is 0 Å². The fourth-order valence-electron chi connectivity index (χ4n) is 3.68. The lowest BCUT2D eigenvalue weighted by atomic mass is 9.86. The predicted molar refractivity (Wildman–Crippen MR) is 107 cm³/mol. The van der Waals surface area contributed by atoms with Crippen LogP contribution in [0.5, 0.6) is 0 Å². The molecule has 3 heterocycles. The van der Waals surface area contributed by atoms with Gasteiger partial charge in [0.25, 0.3) is 5.96 Å². The monoisotopic (exact) mass is 366 g/mol. The summed E-state index contributed by atoms with van der Waals surface area (Å²) in [4.78, 5) is 21.0. The quantitative estimate of drug-likeness (QED) is 0.804. The zero-order valence-electron chi connectivity index (χ0n) is 16.0. The van der Waals surface area contributed by atoms with E-state index in [1.807, 2.05) is 38.2 Å². The Hall–Kier alpha value is -2.84. The number of guanidine groups is 1. The molecule has 0 saturated heterocycles. The van der Waals surface area contributed by atoms with E-state index in [-0.39, 0.29) is 10.6 Å². The number of amidine groups is 1. The summed E-state index contributed by atoms with van der Waals surface area (Å²) in [6, 6.07) is 5.85. The Morgan fingerprint density at radius 3 is 2.78 bits per heavy atom. The molecular formula is C19H24N7O+. The highest BCUT2D eigenvalue weighted by Gasteiger charge is 2.45. The zero-order chi connectivity index (χ0) is 19.2. The minimum Gasteiger partial charge on any atom is -0.325 e. The summed E-state index contributed by atoms with van der Waals surface area (Å²) in [5.74, 6) is 1.27. The fraction of sp³-hybridized carbons (Fsp3) is 0.368. The first kappa shape index (κ1) is 17.6. The molecule has 8 heteroatoms. The van der Waals surface area contributed by atoms with Crippen LogP contribution in [0.25, 0.3) is 0 Å². The smallest absolute Gasteiger partial charge is 0.301 e. The molecule has 1 aromatic carbocycles. The van der Waals surface area contributed by atoms with Crippen molar-refractivity contribution in [3.8, 4) is 0 Å². The third kappa shape index (κ3) is 2.60. The predicted octanol–water partition coefficient (Wildman–Crippen LogP) is 2.64. The Bertz CT molecular complexity index is 924. The van der Waals surface area contributed by atoms with Gasteiger partial charge in [-0.25, -0.2) is 0 Å². The van der Waals surface area contributed by atoms with E-state index < -0.39 is 5.41 Å². The molecule has 0 aromatic heterocycles. The lowest BCUT2D eigenvalue weighted by Gasteiger charge is -2.33. The second kappa shape index (κ2) is 6.11. The average Bonchev–Trinajstić information content (AvgIpc) is 3.11. The van der Waals surface area contributed by atoms with Crippen molar-refractivity contribution in [2.75, 3.05) is 23.7 Å². The highest BCUT2D eigenvalue weighted by molar-refractivity contribution is 6.30. The lowest BCUT2D eigenvalue weighted by Crippen LogP contribution is -2.56. The van der Waals surface area contributed by atoms with Crippen LogP contribution in [-0.2, 0) is 10.2 Å². The molecule has 1 amide bonds. The van der Waals surface area contributed by atoms with E-state index in [1.54, 1.807) is 12.4 Å². The number of carbonyl (C=O) groups excluding carboxylic acids is 1. The Kier molecular flexibility index (Phi) is 3.97. The van der Waals surface area contributed by atoms with E-state index in [1.165, 1.54) is 0 Å². The Morgan fingerprint density at radius 1 is 1.26 bits per heavy atom. The topological polar surface area (TPSA) is 81.5 Å². The number of aliphatic imine (C=N–C) groups is 2. The second-order valence-electron chi connectivity index (χ2n) is 7.22. The minimum absolute atomic E-state index is 0.0117. The van der Waals surface area contributed by atoms with Gasteiger partial charge >= 0.3 is 5.84 Å². The van der Waals surface area contributed by atoms with Crippen LogP contribution in [0.4, 0.5) is 11.4 Å². The maximum Gasteiger partial charge on any atom is 0.301 e. The van der Waals surface area contributed by atoms with E-state index in [0.29, 0.717) is 5.96 Å². The summed E-state index contributed by atoms with van der Waals surface area (Å²) in [6.07, 6.45) is 5.41. The van der Waals surface area contributed by atoms with Crippen LogP contribution >= 0.6 is 0 Å². The molecule has 3 aliphatic heterocycles. The summed E-state index contributed by atoms with van der Waals surface area (Å²) >= 11 is 0. The van der Waals surface area contributed by atoms with Gasteiger partial charge in [0.1, 0.15) is 6.21 Å². The van der Waals surface area contributed by atoms with Crippen LogP contribution in [0, 0.1) is 0 Å². The molecule has 2 N–H and O–H groups in total. The molecule has 8 nitrogen and oxygen atoms in total. The number of quaternary nitrogens is 1. The third-order valence-corrected chi connectivity index (χ3v) is 5.28. The number of fused-ring (bicyclic) bond motifs is 2. The van der Waals surface area contributed by atoms with E-state index in [9.17, 15) is 4.79 Å². The molecule has 1 unspecified atom stereocenters. The molecule has 0 radical (unpaired) electrons. The zero-order valence-corrected chi connectivity index (χ0v) is 16.0. The van der Waals surface area contributed by atoms with Crippen LogP contribution in [0.1, 0.15) is 33.3 Å². The summed E-state index contributed by atoms with van der Waals surface area (Å²) in [6.45, 7) is 9.69. The van der Waals surface area contributed by atoms with Crippen LogP contribution in [0.2, 0.25) is 0 Å². The van der Waals surface area contributed by atoms with Crippen molar-refractivity contribution < 1.29 is 9.50 Å². The van der Waals surface area contributed by atoms with Gasteiger partial charge in [0.2, 0.25) is 5.91 Å². The molecule has 0 bridgehead atoms. The van der Waals surface area contributed by atoms with Crippen molar-refractivity contribution in [1.82, 2.24) is 5.01 Å². The van der Waals surface area contributed by atoms with E-state index in [4.69, 9.17) is 5.10 Å². The summed E-state index contributed by atoms with van der Waals surface area (Å²) in [7, 11) is 0. The first-order valence-corrected chi connectivity index (χ1v) is 9.18. The van der Waals surface area contributed by atoms with Crippen molar-refractivity contribution in [2.24, 2.45) is 15.1 Å². The van der Waals surface area contributed by atoms with Crippen LogP contribution in [0.15, 0.2) is 45.7 Å². The van der Waals surface area contributed by atoms with Gasteiger partial charge in [-0.3, -0.25) is 9.79 Å². The Morgan fingerprint density at radius 2 is 2.04 bits per heavy atom. The van der Waals surface area contributed by atoms with Gasteiger partial charge in [0.05, 0.1) is 11.6 Å². The maximum atomic E-state index is 12.2. The molecule has 0 spiro atoms. The highest BCUT2D eigenvalue weighted by atomic mass is 16.2. The van der Waals surface area contributed by atoms with Gasteiger partial charge in [-0.05, 0) is 55.2 Å². The first-order valence-electron chi connectivity index (χ1n) is 9.18. The number of amides is 1. The number of nitrogens with zero attached hydrogens (tertiary/aromatic N) is 5. The normalized spacial score (nSPS) is 24.4. The van der Waals surface area contributed by atoms with Crippen molar-refractivity contribution in [3.63, 3.8) is 0 Å². The average molecular weight is 366 g/mol. The van der Waals surface area contributed by atoms with Crippen LogP contribution in [-0.4, -0.2) is 46.7 Å². The summed E-state index contributed by atoms with van der Waals surface area (Å²) < 4.78 is 0.188. The van der Waals surface area contributed by atoms with E-state index >= 15 is 0 Å². The van der Waals surface area contributed by atoms with E-state index in [2.05, 4.69) is 39.5 Å². The second-order valence-corrected chi connectivity index (χ2v) is 7.22. The van der Waals surface area contributed by atoms with Crippen molar-refractivity contribution >= 4 is 35.3 Å². The molecule has 4 rings (SSSR count). The standard InChI is InChI=1S/C19H23N7O/c1-5-25(6-2)26-10-9-20-12-16(26)23-18(24-26)21-13-7-8-14-15(11-13)22-17(27)19(14,3)4/h7-12H,5-6H2,1-4H3,(H-,21,22,24,27)/p+1. The Labute approximate surface area is 158 Å².